The molecule has 0 fully saturated rings. The summed E-state index contributed by atoms with van der Waals surface area (Å²) < 4.78 is 6.59. The van der Waals surface area contributed by atoms with E-state index in [0.717, 1.165) is 10.0 Å². The van der Waals surface area contributed by atoms with Gasteiger partial charge in [-0.05, 0) is 42.8 Å². The van der Waals surface area contributed by atoms with E-state index in [1.54, 1.807) is 25.1 Å². The molecule has 1 atom stereocenters. The van der Waals surface area contributed by atoms with Gasteiger partial charge >= 0.3 is 0 Å². The quantitative estimate of drug-likeness (QED) is 0.864. The molecule has 0 aliphatic rings. The summed E-state index contributed by atoms with van der Waals surface area (Å²) >= 11 is 9.41. The average molecular weight is 328 g/mol. The third kappa shape index (κ3) is 3.25. The molecule has 0 aliphatic heterocycles. The van der Waals surface area contributed by atoms with Crippen LogP contribution in [0.1, 0.15) is 18.6 Å². The monoisotopic (exact) mass is 326 g/mol. The standard InChI is InChI=1S/C14H12BrClO2/c1-9(17)10-2-5-12(6-3-10)18-14-8-11(15)4-7-13(14)16/h2-9,17H,1H3/t9-/m1/s1. The van der Waals surface area contributed by atoms with Gasteiger partial charge in [0.15, 0.2) is 0 Å². The molecule has 0 aromatic heterocycles. The molecular formula is C14H12BrClO2. The van der Waals surface area contributed by atoms with E-state index in [9.17, 15) is 5.11 Å². The summed E-state index contributed by atoms with van der Waals surface area (Å²) in [6, 6.07) is 12.7. The number of hydrogen-bond donors (Lipinski definition) is 1. The Balaban J connectivity index is 2.21. The number of halogens is 2. The van der Waals surface area contributed by atoms with Crippen LogP contribution in [0.2, 0.25) is 5.02 Å². The summed E-state index contributed by atoms with van der Waals surface area (Å²) in [5, 5.41) is 9.97. The fourth-order valence-corrected chi connectivity index (χ4v) is 1.99. The first-order chi connectivity index (χ1) is 8.56. The normalized spacial score (nSPS) is 12.2. The van der Waals surface area contributed by atoms with Crippen LogP contribution in [0.25, 0.3) is 0 Å². The van der Waals surface area contributed by atoms with Crippen LogP contribution in [0.3, 0.4) is 0 Å². The number of aliphatic hydroxyl groups is 1. The van der Waals surface area contributed by atoms with Crippen LogP contribution >= 0.6 is 27.5 Å². The highest BCUT2D eigenvalue weighted by Crippen LogP contribution is 2.32. The molecule has 0 radical (unpaired) electrons. The molecule has 0 saturated carbocycles. The Morgan fingerprint density at radius 2 is 1.83 bits per heavy atom. The summed E-state index contributed by atoms with van der Waals surface area (Å²) in [7, 11) is 0. The zero-order valence-electron chi connectivity index (χ0n) is 9.73. The number of aliphatic hydroxyl groups excluding tert-OH is 1. The van der Waals surface area contributed by atoms with Crippen LogP contribution in [0.15, 0.2) is 46.9 Å². The molecule has 0 aliphatic carbocycles. The molecule has 94 valence electrons. The fraction of sp³-hybridized carbons (Fsp3) is 0.143. The van der Waals surface area contributed by atoms with Gasteiger partial charge in [-0.3, -0.25) is 0 Å². The highest BCUT2D eigenvalue weighted by atomic mass is 79.9. The van der Waals surface area contributed by atoms with Gasteiger partial charge in [0.1, 0.15) is 11.5 Å². The Morgan fingerprint density at radius 3 is 2.44 bits per heavy atom. The SMILES string of the molecule is C[C@@H](O)c1ccc(Oc2cc(Br)ccc2Cl)cc1. The minimum absolute atomic E-state index is 0.478. The Kier molecular flexibility index (Phi) is 4.27. The van der Waals surface area contributed by atoms with Crippen LogP contribution < -0.4 is 4.74 Å². The molecule has 18 heavy (non-hydrogen) atoms. The Bertz CT molecular complexity index is 538. The van der Waals surface area contributed by atoms with E-state index in [-0.39, 0.29) is 0 Å². The molecule has 4 heteroatoms. The molecule has 0 amide bonds. The van der Waals surface area contributed by atoms with Gasteiger partial charge in [-0.15, -0.1) is 0 Å². The Labute approximate surface area is 119 Å². The molecule has 0 bridgehead atoms. The van der Waals surface area contributed by atoms with Gasteiger partial charge in [-0.2, -0.15) is 0 Å². The third-order valence-electron chi connectivity index (χ3n) is 2.48. The molecule has 2 aromatic carbocycles. The van der Waals surface area contributed by atoms with Crippen molar-refractivity contribution in [1.82, 2.24) is 0 Å². The van der Waals surface area contributed by atoms with E-state index in [4.69, 9.17) is 16.3 Å². The van der Waals surface area contributed by atoms with E-state index in [2.05, 4.69) is 15.9 Å². The van der Waals surface area contributed by atoms with Gasteiger partial charge in [0.2, 0.25) is 0 Å². The first-order valence-corrected chi connectivity index (χ1v) is 6.64. The maximum Gasteiger partial charge on any atom is 0.147 e. The van der Waals surface area contributed by atoms with Crippen LogP contribution in [0.4, 0.5) is 0 Å². The van der Waals surface area contributed by atoms with Gasteiger partial charge < -0.3 is 9.84 Å². The van der Waals surface area contributed by atoms with E-state index >= 15 is 0 Å². The lowest BCUT2D eigenvalue weighted by atomic mass is 10.1. The average Bonchev–Trinajstić information content (AvgIpc) is 2.34. The van der Waals surface area contributed by atoms with Gasteiger partial charge in [0.25, 0.3) is 0 Å². The summed E-state index contributed by atoms with van der Waals surface area (Å²) in [6.45, 7) is 1.72. The van der Waals surface area contributed by atoms with E-state index in [1.165, 1.54) is 0 Å². The van der Waals surface area contributed by atoms with Crippen LogP contribution in [0.5, 0.6) is 11.5 Å². The molecule has 1 N–H and O–H groups in total. The zero-order chi connectivity index (χ0) is 13.1. The predicted octanol–water partition coefficient (Wildman–Crippen LogP) is 4.95. The fourth-order valence-electron chi connectivity index (χ4n) is 1.50. The van der Waals surface area contributed by atoms with Gasteiger partial charge in [0, 0.05) is 4.47 Å². The second-order valence-electron chi connectivity index (χ2n) is 3.92. The Hall–Kier alpha value is -1.03. The maximum absolute atomic E-state index is 9.42. The van der Waals surface area contributed by atoms with E-state index < -0.39 is 6.10 Å². The predicted molar refractivity (Wildman–Crippen MR) is 76.3 cm³/mol. The lowest BCUT2D eigenvalue weighted by Crippen LogP contribution is -1.91. The summed E-state index contributed by atoms with van der Waals surface area (Å²) in [6.07, 6.45) is -0.478. The first kappa shape index (κ1) is 13.4. The molecule has 0 unspecified atom stereocenters. The van der Waals surface area contributed by atoms with Crippen molar-refractivity contribution in [3.8, 4) is 11.5 Å². The highest BCUT2D eigenvalue weighted by molar-refractivity contribution is 9.10. The third-order valence-corrected chi connectivity index (χ3v) is 3.29. The smallest absolute Gasteiger partial charge is 0.147 e. The van der Waals surface area contributed by atoms with Gasteiger partial charge in [0.05, 0.1) is 11.1 Å². The molecule has 2 nitrogen and oxygen atoms in total. The minimum Gasteiger partial charge on any atom is -0.456 e. The molecule has 0 heterocycles. The van der Waals surface area contributed by atoms with Crippen molar-refractivity contribution in [2.45, 2.75) is 13.0 Å². The molecule has 2 rings (SSSR count). The number of ether oxygens (including phenoxy) is 1. The second-order valence-corrected chi connectivity index (χ2v) is 5.24. The number of rotatable bonds is 3. The van der Waals surface area contributed by atoms with E-state index in [0.29, 0.717) is 16.5 Å². The van der Waals surface area contributed by atoms with Crippen LogP contribution in [0, 0.1) is 0 Å². The van der Waals surface area contributed by atoms with Crippen LogP contribution in [-0.2, 0) is 0 Å². The Morgan fingerprint density at radius 1 is 1.17 bits per heavy atom. The zero-order valence-corrected chi connectivity index (χ0v) is 12.1. The van der Waals surface area contributed by atoms with Gasteiger partial charge in [-0.25, -0.2) is 0 Å². The number of benzene rings is 2. The van der Waals surface area contributed by atoms with Crippen LogP contribution in [-0.4, -0.2) is 5.11 Å². The lowest BCUT2D eigenvalue weighted by Gasteiger charge is -2.09. The minimum atomic E-state index is -0.478. The highest BCUT2D eigenvalue weighted by Gasteiger charge is 2.05. The molecule has 2 aromatic rings. The second kappa shape index (κ2) is 5.74. The van der Waals surface area contributed by atoms with Gasteiger partial charge in [-0.1, -0.05) is 39.7 Å². The van der Waals surface area contributed by atoms with Crippen molar-refractivity contribution in [3.05, 3.63) is 57.5 Å². The van der Waals surface area contributed by atoms with Crippen molar-refractivity contribution >= 4 is 27.5 Å². The largest absolute Gasteiger partial charge is 0.456 e. The number of hydrogen-bond acceptors (Lipinski definition) is 2. The lowest BCUT2D eigenvalue weighted by molar-refractivity contribution is 0.199. The summed E-state index contributed by atoms with van der Waals surface area (Å²) in [4.78, 5) is 0. The van der Waals surface area contributed by atoms with Crippen molar-refractivity contribution in [2.75, 3.05) is 0 Å². The molecule has 0 spiro atoms. The van der Waals surface area contributed by atoms with E-state index in [1.807, 2.05) is 24.3 Å². The van der Waals surface area contributed by atoms with Crippen molar-refractivity contribution in [2.24, 2.45) is 0 Å². The summed E-state index contributed by atoms with van der Waals surface area (Å²) in [5.41, 5.74) is 0.850. The first-order valence-electron chi connectivity index (χ1n) is 5.47. The topological polar surface area (TPSA) is 29.5 Å². The van der Waals surface area contributed by atoms with Crippen molar-refractivity contribution in [1.29, 1.82) is 0 Å². The maximum atomic E-state index is 9.42. The molecule has 0 saturated heterocycles. The summed E-state index contributed by atoms with van der Waals surface area (Å²) in [5.74, 6) is 1.27. The molecular weight excluding hydrogens is 316 g/mol. The van der Waals surface area contributed by atoms with Crippen molar-refractivity contribution < 1.29 is 9.84 Å². The van der Waals surface area contributed by atoms with Crippen molar-refractivity contribution in [3.63, 3.8) is 0 Å².